The smallest absolute Gasteiger partial charge is 0.149 e. The lowest BCUT2D eigenvalue weighted by atomic mass is 10.1. The third-order valence-corrected chi connectivity index (χ3v) is 3.89. The van der Waals surface area contributed by atoms with Crippen LogP contribution in [0, 0.1) is 0 Å². The standard InChI is InChI=1S/C13H19Cl2N3O/c1-3-16-12-10(14)8-11(15)13(17-12)18(2)9-4-6-19-7-5-9/h8-9H,3-7H2,1-2H3,(H,16,17). The highest BCUT2D eigenvalue weighted by atomic mass is 35.5. The first-order valence-corrected chi connectivity index (χ1v) is 7.29. The van der Waals surface area contributed by atoms with Crippen LogP contribution in [0.25, 0.3) is 0 Å². The third-order valence-electron chi connectivity index (χ3n) is 3.33. The highest BCUT2D eigenvalue weighted by molar-refractivity contribution is 6.37. The topological polar surface area (TPSA) is 37.4 Å². The van der Waals surface area contributed by atoms with Crippen LogP contribution in [0.1, 0.15) is 19.8 Å². The van der Waals surface area contributed by atoms with Crippen LogP contribution in [-0.4, -0.2) is 37.8 Å². The first kappa shape index (κ1) is 14.7. The Labute approximate surface area is 124 Å². The summed E-state index contributed by atoms with van der Waals surface area (Å²) in [4.78, 5) is 6.67. The van der Waals surface area contributed by atoms with Crippen molar-refractivity contribution in [1.82, 2.24) is 4.98 Å². The molecular formula is C13H19Cl2N3O. The van der Waals surface area contributed by atoms with Crippen molar-refractivity contribution in [2.75, 3.05) is 37.0 Å². The molecule has 0 aromatic carbocycles. The van der Waals surface area contributed by atoms with Gasteiger partial charge < -0.3 is 15.0 Å². The van der Waals surface area contributed by atoms with Crippen LogP contribution in [0.4, 0.5) is 11.6 Å². The summed E-state index contributed by atoms with van der Waals surface area (Å²) in [5.74, 6) is 1.45. The summed E-state index contributed by atoms with van der Waals surface area (Å²) in [5.41, 5.74) is 0. The van der Waals surface area contributed by atoms with Gasteiger partial charge in [-0.05, 0) is 25.8 Å². The molecule has 1 saturated heterocycles. The second-order valence-corrected chi connectivity index (χ2v) is 5.42. The molecule has 0 radical (unpaired) electrons. The van der Waals surface area contributed by atoms with Crippen LogP contribution in [0.3, 0.4) is 0 Å². The molecule has 19 heavy (non-hydrogen) atoms. The van der Waals surface area contributed by atoms with E-state index >= 15 is 0 Å². The lowest BCUT2D eigenvalue weighted by Gasteiger charge is -2.32. The van der Waals surface area contributed by atoms with Gasteiger partial charge in [0, 0.05) is 32.8 Å². The maximum Gasteiger partial charge on any atom is 0.149 e. The van der Waals surface area contributed by atoms with Crippen LogP contribution in [0.2, 0.25) is 10.0 Å². The molecule has 1 aromatic rings. The minimum Gasteiger partial charge on any atom is -0.381 e. The fourth-order valence-electron chi connectivity index (χ4n) is 2.24. The van der Waals surface area contributed by atoms with Gasteiger partial charge in [0.15, 0.2) is 0 Å². The highest BCUT2D eigenvalue weighted by Gasteiger charge is 2.22. The van der Waals surface area contributed by atoms with Crippen LogP contribution in [-0.2, 0) is 4.74 Å². The summed E-state index contributed by atoms with van der Waals surface area (Å²) in [6.07, 6.45) is 1.99. The number of aromatic nitrogens is 1. The van der Waals surface area contributed by atoms with E-state index in [1.54, 1.807) is 6.07 Å². The summed E-state index contributed by atoms with van der Waals surface area (Å²) in [6.45, 7) is 4.36. The van der Waals surface area contributed by atoms with E-state index in [2.05, 4.69) is 15.2 Å². The van der Waals surface area contributed by atoms with E-state index < -0.39 is 0 Å². The maximum absolute atomic E-state index is 6.27. The number of ether oxygens (including phenoxy) is 1. The number of nitrogens with zero attached hydrogens (tertiary/aromatic N) is 2. The SMILES string of the molecule is CCNc1nc(N(C)C2CCOCC2)c(Cl)cc1Cl. The molecule has 0 amide bonds. The van der Waals surface area contributed by atoms with Gasteiger partial charge in [-0.2, -0.15) is 0 Å². The fraction of sp³-hybridized carbons (Fsp3) is 0.615. The van der Waals surface area contributed by atoms with E-state index in [1.165, 1.54) is 0 Å². The van der Waals surface area contributed by atoms with E-state index in [4.69, 9.17) is 27.9 Å². The average Bonchev–Trinajstić information content (AvgIpc) is 2.42. The van der Waals surface area contributed by atoms with E-state index in [0.717, 1.165) is 38.4 Å². The number of rotatable bonds is 4. The molecule has 0 aliphatic carbocycles. The minimum atomic E-state index is 0.411. The number of anilines is 2. The summed E-state index contributed by atoms with van der Waals surface area (Å²) in [6, 6.07) is 2.16. The van der Waals surface area contributed by atoms with Crippen molar-refractivity contribution in [1.29, 1.82) is 0 Å². The van der Waals surface area contributed by atoms with Crippen molar-refractivity contribution < 1.29 is 4.74 Å². The first-order valence-electron chi connectivity index (χ1n) is 6.54. The molecule has 1 aliphatic rings. The maximum atomic E-state index is 6.27. The zero-order valence-corrected chi connectivity index (χ0v) is 12.8. The van der Waals surface area contributed by atoms with Gasteiger partial charge in [0.2, 0.25) is 0 Å². The highest BCUT2D eigenvalue weighted by Crippen LogP contribution is 2.32. The number of halogens is 2. The molecule has 1 fully saturated rings. The molecule has 0 bridgehead atoms. The molecule has 0 unspecified atom stereocenters. The van der Waals surface area contributed by atoms with Gasteiger partial charge in [-0.1, -0.05) is 23.2 Å². The molecule has 4 nitrogen and oxygen atoms in total. The monoisotopic (exact) mass is 303 g/mol. The number of hydrogen-bond donors (Lipinski definition) is 1. The van der Waals surface area contributed by atoms with Crippen LogP contribution >= 0.6 is 23.2 Å². The van der Waals surface area contributed by atoms with Crippen molar-refractivity contribution in [3.05, 3.63) is 16.1 Å². The van der Waals surface area contributed by atoms with Gasteiger partial charge in [-0.25, -0.2) is 4.98 Å². The molecule has 1 aromatic heterocycles. The minimum absolute atomic E-state index is 0.411. The molecule has 106 valence electrons. The molecule has 6 heteroatoms. The van der Waals surface area contributed by atoms with Gasteiger partial charge in [0.25, 0.3) is 0 Å². The lowest BCUT2D eigenvalue weighted by molar-refractivity contribution is 0.0853. The number of pyridine rings is 1. The second-order valence-electron chi connectivity index (χ2n) is 4.61. The van der Waals surface area contributed by atoms with Crippen molar-refractivity contribution in [3.8, 4) is 0 Å². The molecule has 0 atom stereocenters. The third kappa shape index (κ3) is 3.44. The van der Waals surface area contributed by atoms with Crippen LogP contribution in [0.15, 0.2) is 6.07 Å². The van der Waals surface area contributed by atoms with Gasteiger partial charge in [-0.3, -0.25) is 0 Å². The zero-order valence-electron chi connectivity index (χ0n) is 11.2. The summed E-state index contributed by atoms with van der Waals surface area (Å²) >= 11 is 12.4. The normalized spacial score (nSPS) is 16.4. The Morgan fingerprint density at radius 3 is 2.68 bits per heavy atom. The number of hydrogen-bond acceptors (Lipinski definition) is 4. The van der Waals surface area contributed by atoms with E-state index in [9.17, 15) is 0 Å². The van der Waals surface area contributed by atoms with Crippen molar-refractivity contribution in [3.63, 3.8) is 0 Å². The Balaban J connectivity index is 2.24. The van der Waals surface area contributed by atoms with Crippen molar-refractivity contribution in [2.24, 2.45) is 0 Å². The molecule has 1 aliphatic heterocycles. The molecule has 1 N–H and O–H groups in total. The lowest BCUT2D eigenvalue weighted by Crippen LogP contribution is -2.37. The Hall–Kier alpha value is -0.710. The van der Waals surface area contributed by atoms with Gasteiger partial charge in [0.1, 0.15) is 11.6 Å². The summed E-state index contributed by atoms with van der Waals surface area (Å²) in [7, 11) is 2.02. The van der Waals surface area contributed by atoms with Crippen molar-refractivity contribution in [2.45, 2.75) is 25.8 Å². The molecule has 2 rings (SSSR count). The summed E-state index contributed by atoms with van der Waals surface area (Å²) in [5, 5.41) is 4.28. The number of nitrogens with one attached hydrogen (secondary N) is 1. The van der Waals surface area contributed by atoms with E-state index in [-0.39, 0.29) is 0 Å². The molecular weight excluding hydrogens is 285 g/mol. The average molecular weight is 304 g/mol. The Morgan fingerprint density at radius 1 is 1.37 bits per heavy atom. The molecule has 0 spiro atoms. The van der Waals surface area contributed by atoms with Gasteiger partial charge in [0.05, 0.1) is 10.0 Å². The first-order chi connectivity index (χ1) is 9.13. The predicted molar refractivity (Wildman–Crippen MR) is 80.7 cm³/mol. The van der Waals surface area contributed by atoms with Gasteiger partial charge in [-0.15, -0.1) is 0 Å². The van der Waals surface area contributed by atoms with E-state index in [0.29, 0.717) is 21.9 Å². The largest absolute Gasteiger partial charge is 0.381 e. The summed E-state index contributed by atoms with van der Waals surface area (Å²) < 4.78 is 5.38. The Morgan fingerprint density at radius 2 is 2.05 bits per heavy atom. The quantitative estimate of drug-likeness (QED) is 0.924. The van der Waals surface area contributed by atoms with E-state index in [1.807, 2.05) is 14.0 Å². The van der Waals surface area contributed by atoms with Crippen LogP contribution < -0.4 is 10.2 Å². The zero-order chi connectivity index (χ0) is 13.8. The second kappa shape index (κ2) is 6.64. The predicted octanol–water partition coefficient (Wildman–Crippen LogP) is 3.44. The molecule has 0 saturated carbocycles. The van der Waals surface area contributed by atoms with Crippen molar-refractivity contribution >= 4 is 34.8 Å². The molecule has 2 heterocycles. The van der Waals surface area contributed by atoms with Crippen LogP contribution in [0.5, 0.6) is 0 Å². The van der Waals surface area contributed by atoms with Gasteiger partial charge >= 0.3 is 0 Å². The Bertz CT molecular complexity index is 436. The fourth-order valence-corrected chi connectivity index (χ4v) is 2.80. The Kier molecular flexibility index (Phi) is 5.13.